The SMILES string of the molecule is CC/C=C\C/C=C\C/C=C\C/C=C\CCCCCOCC(COP(=O)(O)OC1C(O)C(O)C(O)C(O)C1O)OC(=O)CCCCCCC/C=C\CCCCCCCC. The summed E-state index contributed by atoms with van der Waals surface area (Å²) in [7, 11) is -5.03. The molecule has 0 bridgehead atoms. The van der Waals surface area contributed by atoms with Gasteiger partial charge < -0.3 is 39.9 Å². The number of allylic oxidation sites excluding steroid dienone is 10. The van der Waals surface area contributed by atoms with Crippen LogP contribution in [0.5, 0.6) is 0 Å². The van der Waals surface area contributed by atoms with Crippen molar-refractivity contribution in [3.8, 4) is 0 Å². The average Bonchev–Trinajstić information content (AvgIpc) is 3.21. The van der Waals surface area contributed by atoms with Crippen molar-refractivity contribution < 1.29 is 58.3 Å². The molecule has 0 saturated heterocycles. The minimum Gasteiger partial charge on any atom is -0.457 e. The van der Waals surface area contributed by atoms with Gasteiger partial charge in [0.2, 0.25) is 0 Å². The molecule has 0 spiro atoms. The van der Waals surface area contributed by atoms with Crippen LogP contribution in [0.4, 0.5) is 0 Å². The average molecular weight is 843 g/mol. The smallest absolute Gasteiger partial charge is 0.457 e. The second-order valence-corrected chi connectivity index (χ2v) is 16.6. The molecule has 0 radical (unpaired) electrons. The zero-order valence-corrected chi connectivity index (χ0v) is 36.5. The molecule has 1 rings (SSSR count). The molecule has 0 amide bonds. The Morgan fingerprint density at radius 1 is 0.569 bits per heavy atom. The number of unbranched alkanes of at least 4 members (excludes halogenated alkanes) is 14. The topological polar surface area (TPSA) is 192 Å². The van der Waals surface area contributed by atoms with E-state index in [0.29, 0.717) is 13.0 Å². The zero-order valence-electron chi connectivity index (χ0n) is 35.6. The van der Waals surface area contributed by atoms with E-state index >= 15 is 0 Å². The van der Waals surface area contributed by atoms with Crippen LogP contribution in [0, 0.1) is 0 Å². The highest BCUT2D eigenvalue weighted by molar-refractivity contribution is 7.47. The number of esters is 1. The molecule has 6 unspecified atom stereocenters. The molecule has 12 nitrogen and oxygen atoms in total. The normalized spacial score (nSPS) is 23.2. The van der Waals surface area contributed by atoms with E-state index in [9.17, 15) is 39.8 Å². The van der Waals surface area contributed by atoms with Crippen LogP contribution < -0.4 is 0 Å². The first kappa shape index (κ1) is 54.1. The molecular formula is C45H79O12P. The lowest BCUT2D eigenvalue weighted by Gasteiger charge is -2.41. The largest absolute Gasteiger partial charge is 0.472 e. The van der Waals surface area contributed by atoms with Crippen molar-refractivity contribution in [2.75, 3.05) is 19.8 Å². The molecule has 0 aromatic heterocycles. The number of aliphatic hydroxyl groups is 5. The molecule has 6 N–H and O–H groups in total. The number of carbonyl (C=O) groups is 1. The molecule has 6 atom stereocenters. The minimum atomic E-state index is -5.03. The summed E-state index contributed by atoms with van der Waals surface area (Å²) in [4.78, 5) is 23.1. The monoisotopic (exact) mass is 843 g/mol. The van der Waals surface area contributed by atoms with Crippen LogP contribution in [0.15, 0.2) is 60.8 Å². The fourth-order valence-electron chi connectivity index (χ4n) is 6.34. The van der Waals surface area contributed by atoms with Crippen LogP contribution in [0.2, 0.25) is 0 Å². The molecule has 1 aliphatic rings. The first-order valence-electron chi connectivity index (χ1n) is 22.1. The van der Waals surface area contributed by atoms with Gasteiger partial charge in [0.15, 0.2) is 0 Å². The molecule has 336 valence electrons. The van der Waals surface area contributed by atoms with E-state index in [-0.39, 0.29) is 13.0 Å². The third-order valence-electron chi connectivity index (χ3n) is 9.87. The number of hydrogen-bond acceptors (Lipinski definition) is 11. The Bertz CT molecular complexity index is 1190. The van der Waals surface area contributed by atoms with Gasteiger partial charge in [-0.1, -0.05) is 132 Å². The molecule has 0 aliphatic heterocycles. The fourth-order valence-corrected chi connectivity index (χ4v) is 7.31. The highest BCUT2D eigenvalue weighted by atomic mass is 31.2. The van der Waals surface area contributed by atoms with Crippen LogP contribution in [-0.4, -0.2) is 98.9 Å². The van der Waals surface area contributed by atoms with Crippen LogP contribution >= 0.6 is 7.82 Å². The van der Waals surface area contributed by atoms with Crippen molar-refractivity contribution in [1.29, 1.82) is 0 Å². The molecule has 1 fully saturated rings. The molecule has 1 saturated carbocycles. The van der Waals surface area contributed by atoms with Crippen molar-refractivity contribution in [2.24, 2.45) is 0 Å². The molecule has 1 aliphatic carbocycles. The predicted octanol–water partition coefficient (Wildman–Crippen LogP) is 8.64. The second-order valence-electron chi connectivity index (χ2n) is 15.2. The van der Waals surface area contributed by atoms with Gasteiger partial charge in [-0.2, -0.15) is 0 Å². The molecule has 13 heteroatoms. The Kier molecular flexibility index (Phi) is 33.3. The van der Waals surface area contributed by atoms with Crippen molar-refractivity contribution in [1.82, 2.24) is 0 Å². The Morgan fingerprint density at radius 3 is 1.57 bits per heavy atom. The number of phosphoric ester groups is 1. The third kappa shape index (κ3) is 27.7. The van der Waals surface area contributed by atoms with Crippen molar-refractivity contribution in [2.45, 2.75) is 198 Å². The van der Waals surface area contributed by atoms with Gasteiger partial charge in [-0.15, -0.1) is 0 Å². The van der Waals surface area contributed by atoms with E-state index in [1.54, 1.807) is 0 Å². The zero-order chi connectivity index (χ0) is 42.7. The summed E-state index contributed by atoms with van der Waals surface area (Å²) >= 11 is 0. The second kappa shape index (κ2) is 35.8. The predicted molar refractivity (Wildman–Crippen MR) is 230 cm³/mol. The summed E-state index contributed by atoms with van der Waals surface area (Å²) in [6.07, 6.45) is 31.5. The molecule has 0 aromatic rings. The molecular weight excluding hydrogens is 763 g/mol. The van der Waals surface area contributed by atoms with Gasteiger partial charge in [0.05, 0.1) is 13.2 Å². The van der Waals surface area contributed by atoms with E-state index in [1.165, 1.54) is 38.5 Å². The Labute approximate surface area is 349 Å². The maximum atomic E-state index is 12.8. The first-order chi connectivity index (χ1) is 28.0. The van der Waals surface area contributed by atoms with Gasteiger partial charge in [-0.3, -0.25) is 13.8 Å². The highest BCUT2D eigenvalue weighted by Gasteiger charge is 2.51. The lowest BCUT2D eigenvalue weighted by Crippen LogP contribution is -2.64. The molecule has 0 heterocycles. The summed E-state index contributed by atoms with van der Waals surface area (Å²) in [6, 6.07) is 0. The number of hydrogen-bond donors (Lipinski definition) is 6. The lowest BCUT2D eigenvalue weighted by atomic mass is 9.85. The van der Waals surface area contributed by atoms with Crippen molar-refractivity contribution in [3.63, 3.8) is 0 Å². The van der Waals surface area contributed by atoms with Gasteiger partial charge in [-0.05, 0) is 77.0 Å². The van der Waals surface area contributed by atoms with Crippen LogP contribution in [0.1, 0.15) is 155 Å². The summed E-state index contributed by atoms with van der Waals surface area (Å²) in [6.45, 7) is 4.04. The van der Waals surface area contributed by atoms with Crippen molar-refractivity contribution >= 4 is 13.8 Å². The quantitative estimate of drug-likeness (QED) is 0.0153. The summed E-state index contributed by atoms with van der Waals surface area (Å²) in [5, 5.41) is 50.1. The van der Waals surface area contributed by atoms with Crippen molar-refractivity contribution in [3.05, 3.63) is 60.8 Å². The third-order valence-corrected chi connectivity index (χ3v) is 10.9. The maximum absolute atomic E-state index is 12.8. The van der Waals surface area contributed by atoms with Crippen LogP contribution in [0.25, 0.3) is 0 Å². The van der Waals surface area contributed by atoms with E-state index in [4.69, 9.17) is 18.5 Å². The first-order valence-corrected chi connectivity index (χ1v) is 23.6. The number of phosphoric acid groups is 1. The van der Waals surface area contributed by atoms with E-state index < -0.39 is 63.1 Å². The van der Waals surface area contributed by atoms with Gasteiger partial charge in [-0.25, -0.2) is 4.57 Å². The number of aliphatic hydroxyl groups excluding tert-OH is 5. The van der Waals surface area contributed by atoms with Crippen LogP contribution in [-0.2, 0) is 27.9 Å². The number of carbonyl (C=O) groups excluding carboxylic acids is 1. The summed E-state index contributed by atoms with van der Waals surface area (Å²) < 4.78 is 34.1. The van der Waals surface area contributed by atoms with Gasteiger partial charge in [0.25, 0.3) is 0 Å². The molecule has 0 aromatic carbocycles. The number of ether oxygens (including phenoxy) is 2. The molecule has 58 heavy (non-hydrogen) atoms. The maximum Gasteiger partial charge on any atom is 0.472 e. The Morgan fingerprint density at radius 2 is 1.02 bits per heavy atom. The fraction of sp³-hybridized carbons (Fsp3) is 0.756. The Hall–Kier alpha value is -1.96. The van der Waals surface area contributed by atoms with E-state index in [0.717, 1.165) is 89.9 Å². The minimum absolute atomic E-state index is 0.104. The van der Waals surface area contributed by atoms with E-state index in [1.807, 2.05) is 0 Å². The summed E-state index contributed by atoms with van der Waals surface area (Å²) in [5.74, 6) is -0.500. The van der Waals surface area contributed by atoms with Gasteiger partial charge in [0.1, 0.15) is 42.7 Å². The highest BCUT2D eigenvalue weighted by Crippen LogP contribution is 2.47. The van der Waals surface area contributed by atoms with Crippen LogP contribution in [0.3, 0.4) is 0 Å². The van der Waals surface area contributed by atoms with Gasteiger partial charge in [0, 0.05) is 13.0 Å². The standard InChI is InChI=1S/C45H79O12P/c1-3-5-7-9-11-13-15-17-19-21-23-25-27-29-31-33-35-54-36-38(37-55-58(52,53)57-45-43(50)41(48)40(47)42(49)44(45)51)56-39(46)34-32-30-28-26-24-22-20-18-16-14-12-10-8-6-4-2/h5,7,11,13,17-20,23,25,38,40-45,47-51H,3-4,6,8-10,12,14-16,21-22,24,26-37H2,1-2H3,(H,52,53)/b7-5-,13-11-,19-17-,20-18-,25-23-. The van der Waals surface area contributed by atoms with Gasteiger partial charge >= 0.3 is 13.8 Å². The number of rotatable bonds is 36. The summed E-state index contributed by atoms with van der Waals surface area (Å²) in [5.41, 5.74) is 0. The van der Waals surface area contributed by atoms with E-state index in [2.05, 4.69) is 74.6 Å². The lowest BCUT2D eigenvalue weighted by molar-refractivity contribution is -0.220. The Balaban J connectivity index is 2.46.